The molecular formula is C7H11N3O. The van der Waals surface area contributed by atoms with Crippen molar-refractivity contribution >= 4 is 5.91 Å². The van der Waals surface area contributed by atoms with Gasteiger partial charge in [0, 0.05) is 26.2 Å². The SMILES string of the molecule is [C-]#[N+]CC(=O)N1CCNCC1. The molecular weight excluding hydrogens is 142 g/mol. The third kappa shape index (κ3) is 2.20. The van der Waals surface area contributed by atoms with Gasteiger partial charge < -0.3 is 15.1 Å². The molecule has 0 bridgehead atoms. The maximum absolute atomic E-state index is 11.1. The maximum Gasteiger partial charge on any atom is 0.302 e. The fourth-order valence-electron chi connectivity index (χ4n) is 1.08. The summed E-state index contributed by atoms with van der Waals surface area (Å²) in [5.41, 5.74) is 0. The summed E-state index contributed by atoms with van der Waals surface area (Å²) in [4.78, 5) is 15.9. The van der Waals surface area contributed by atoms with E-state index in [9.17, 15) is 4.79 Å². The highest BCUT2D eigenvalue weighted by molar-refractivity contribution is 5.79. The highest BCUT2D eigenvalue weighted by Gasteiger charge is 2.17. The maximum atomic E-state index is 11.1. The minimum Gasteiger partial charge on any atom is -0.334 e. The van der Waals surface area contributed by atoms with Gasteiger partial charge in [0.2, 0.25) is 0 Å². The van der Waals surface area contributed by atoms with E-state index in [1.807, 2.05) is 0 Å². The van der Waals surface area contributed by atoms with Crippen LogP contribution in [0, 0.1) is 6.57 Å². The van der Waals surface area contributed by atoms with E-state index in [-0.39, 0.29) is 12.5 Å². The summed E-state index contributed by atoms with van der Waals surface area (Å²) in [5.74, 6) is -0.0403. The Morgan fingerprint density at radius 1 is 1.55 bits per heavy atom. The average Bonchev–Trinajstić information content (AvgIpc) is 2.07. The second-order valence-corrected chi connectivity index (χ2v) is 2.45. The third-order valence-corrected chi connectivity index (χ3v) is 1.68. The van der Waals surface area contributed by atoms with Gasteiger partial charge in [-0.1, -0.05) is 0 Å². The van der Waals surface area contributed by atoms with Crippen LogP contribution in [-0.2, 0) is 4.79 Å². The average molecular weight is 153 g/mol. The molecule has 1 fully saturated rings. The smallest absolute Gasteiger partial charge is 0.302 e. The van der Waals surface area contributed by atoms with E-state index < -0.39 is 0 Å². The van der Waals surface area contributed by atoms with Crippen molar-refractivity contribution in [2.75, 3.05) is 32.7 Å². The summed E-state index contributed by atoms with van der Waals surface area (Å²) in [7, 11) is 0. The molecule has 11 heavy (non-hydrogen) atoms. The molecule has 1 N–H and O–H groups in total. The number of nitrogens with one attached hydrogen (secondary N) is 1. The molecule has 1 aliphatic rings. The number of nitrogens with zero attached hydrogens (tertiary/aromatic N) is 2. The largest absolute Gasteiger partial charge is 0.334 e. The van der Waals surface area contributed by atoms with Crippen molar-refractivity contribution in [1.29, 1.82) is 0 Å². The third-order valence-electron chi connectivity index (χ3n) is 1.68. The van der Waals surface area contributed by atoms with Crippen LogP contribution in [0.15, 0.2) is 0 Å². The van der Waals surface area contributed by atoms with Crippen LogP contribution in [-0.4, -0.2) is 43.5 Å². The molecule has 60 valence electrons. The lowest BCUT2D eigenvalue weighted by molar-refractivity contribution is -0.129. The first-order valence-electron chi connectivity index (χ1n) is 3.66. The van der Waals surface area contributed by atoms with Crippen molar-refractivity contribution in [3.63, 3.8) is 0 Å². The summed E-state index contributed by atoms with van der Waals surface area (Å²) in [5, 5.41) is 3.14. The Bertz CT molecular complexity index is 179. The number of carbonyl (C=O) groups is 1. The topological polar surface area (TPSA) is 36.7 Å². The number of hydrogen-bond donors (Lipinski definition) is 1. The van der Waals surface area contributed by atoms with E-state index in [1.165, 1.54) is 0 Å². The van der Waals surface area contributed by atoms with Crippen LogP contribution >= 0.6 is 0 Å². The molecule has 0 saturated carbocycles. The van der Waals surface area contributed by atoms with Crippen LogP contribution in [0.2, 0.25) is 0 Å². The zero-order valence-electron chi connectivity index (χ0n) is 6.34. The molecule has 0 aromatic rings. The summed E-state index contributed by atoms with van der Waals surface area (Å²) in [6.07, 6.45) is 0. The van der Waals surface area contributed by atoms with Gasteiger partial charge in [-0.15, -0.1) is 0 Å². The van der Waals surface area contributed by atoms with Crippen LogP contribution in [0.1, 0.15) is 0 Å². The van der Waals surface area contributed by atoms with Gasteiger partial charge in [-0.25, -0.2) is 6.57 Å². The predicted molar refractivity (Wildman–Crippen MR) is 40.9 cm³/mol. The molecule has 0 atom stereocenters. The lowest BCUT2D eigenvalue weighted by Gasteiger charge is -2.25. The number of amides is 1. The first-order valence-corrected chi connectivity index (χ1v) is 3.66. The van der Waals surface area contributed by atoms with Crippen molar-refractivity contribution in [2.45, 2.75) is 0 Å². The zero-order valence-corrected chi connectivity index (χ0v) is 6.34. The predicted octanol–water partition coefficient (Wildman–Crippen LogP) is -0.663. The van der Waals surface area contributed by atoms with Crippen molar-refractivity contribution < 1.29 is 4.79 Å². The van der Waals surface area contributed by atoms with Crippen molar-refractivity contribution in [3.8, 4) is 0 Å². The Morgan fingerprint density at radius 3 is 2.73 bits per heavy atom. The monoisotopic (exact) mass is 153 g/mol. The standard InChI is InChI=1S/C7H11N3O/c1-8-6-7(11)10-4-2-9-3-5-10/h9H,2-6H2. The second kappa shape index (κ2) is 3.94. The molecule has 4 nitrogen and oxygen atoms in total. The van der Waals surface area contributed by atoms with Crippen molar-refractivity contribution in [2.24, 2.45) is 0 Å². The van der Waals surface area contributed by atoms with Gasteiger partial charge in [-0.3, -0.25) is 4.79 Å². The Balaban J connectivity index is 2.34. The molecule has 1 amide bonds. The second-order valence-electron chi connectivity index (χ2n) is 2.45. The van der Waals surface area contributed by atoms with E-state index in [0.717, 1.165) is 26.2 Å². The summed E-state index contributed by atoms with van der Waals surface area (Å²) in [6, 6.07) is 0. The normalized spacial score (nSPS) is 17.5. The molecule has 1 saturated heterocycles. The lowest BCUT2D eigenvalue weighted by Crippen LogP contribution is -2.47. The first-order chi connectivity index (χ1) is 5.34. The minimum absolute atomic E-state index is 0. The van der Waals surface area contributed by atoms with Crippen molar-refractivity contribution in [3.05, 3.63) is 11.4 Å². The van der Waals surface area contributed by atoms with Gasteiger partial charge >= 0.3 is 5.91 Å². The number of rotatable bonds is 1. The summed E-state index contributed by atoms with van der Waals surface area (Å²) in [6.45, 7) is 9.70. The lowest BCUT2D eigenvalue weighted by atomic mass is 10.3. The Hall–Kier alpha value is -1.08. The van der Waals surface area contributed by atoms with Gasteiger partial charge in [0.15, 0.2) is 0 Å². The number of piperazine rings is 1. The Kier molecular flexibility index (Phi) is 2.87. The van der Waals surface area contributed by atoms with Gasteiger partial charge in [0.25, 0.3) is 6.54 Å². The number of hydrogen-bond acceptors (Lipinski definition) is 2. The molecule has 1 rings (SSSR count). The van der Waals surface area contributed by atoms with E-state index in [1.54, 1.807) is 4.90 Å². The highest BCUT2D eigenvalue weighted by atomic mass is 16.2. The van der Waals surface area contributed by atoms with E-state index in [0.29, 0.717) is 0 Å². The van der Waals surface area contributed by atoms with E-state index in [2.05, 4.69) is 10.2 Å². The zero-order chi connectivity index (χ0) is 8.10. The van der Waals surface area contributed by atoms with Crippen molar-refractivity contribution in [1.82, 2.24) is 10.2 Å². The van der Waals surface area contributed by atoms with Crippen LogP contribution in [0.25, 0.3) is 4.85 Å². The molecule has 0 unspecified atom stereocenters. The van der Waals surface area contributed by atoms with Gasteiger partial charge in [0.1, 0.15) is 0 Å². The van der Waals surface area contributed by atoms with Gasteiger partial charge in [0.05, 0.1) is 0 Å². The summed E-state index contributed by atoms with van der Waals surface area (Å²) >= 11 is 0. The molecule has 0 aromatic heterocycles. The minimum atomic E-state index is -0.0403. The van der Waals surface area contributed by atoms with Gasteiger partial charge in [-0.05, 0) is 0 Å². The molecule has 1 heterocycles. The van der Waals surface area contributed by atoms with E-state index in [4.69, 9.17) is 6.57 Å². The Labute approximate surface area is 66.0 Å². The molecule has 0 radical (unpaired) electrons. The Morgan fingerprint density at radius 2 is 2.18 bits per heavy atom. The van der Waals surface area contributed by atoms with Crippen LogP contribution in [0.5, 0.6) is 0 Å². The van der Waals surface area contributed by atoms with Crippen LogP contribution in [0.4, 0.5) is 0 Å². The first kappa shape index (κ1) is 8.02. The van der Waals surface area contributed by atoms with Crippen LogP contribution < -0.4 is 5.32 Å². The molecule has 1 aliphatic heterocycles. The molecule has 0 spiro atoms. The van der Waals surface area contributed by atoms with Crippen LogP contribution in [0.3, 0.4) is 0 Å². The molecule has 4 heteroatoms. The quantitative estimate of drug-likeness (QED) is 0.508. The van der Waals surface area contributed by atoms with E-state index >= 15 is 0 Å². The molecule has 0 aromatic carbocycles. The number of carbonyl (C=O) groups excluding carboxylic acids is 1. The summed E-state index contributed by atoms with van der Waals surface area (Å²) < 4.78 is 0. The molecule has 0 aliphatic carbocycles. The van der Waals surface area contributed by atoms with Gasteiger partial charge in [-0.2, -0.15) is 0 Å². The fraction of sp³-hybridized carbons (Fsp3) is 0.714. The highest BCUT2D eigenvalue weighted by Crippen LogP contribution is 1.92. The fourth-order valence-corrected chi connectivity index (χ4v) is 1.08.